The summed E-state index contributed by atoms with van der Waals surface area (Å²) in [4.78, 5) is 2.60. The van der Waals surface area contributed by atoms with Crippen molar-refractivity contribution in [3.8, 4) is 0 Å². The molecule has 1 fully saturated rings. The van der Waals surface area contributed by atoms with Crippen LogP contribution in [0.5, 0.6) is 0 Å². The van der Waals surface area contributed by atoms with Gasteiger partial charge in [-0.3, -0.25) is 0 Å². The quantitative estimate of drug-likeness (QED) is 0.490. The van der Waals surface area contributed by atoms with Crippen molar-refractivity contribution in [2.45, 2.75) is 77.4 Å². The molecule has 3 nitrogen and oxygen atoms in total. The van der Waals surface area contributed by atoms with E-state index in [1.807, 2.05) is 6.92 Å². The average Bonchev–Trinajstić information content (AvgIpc) is 2.79. The van der Waals surface area contributed by atoms with Crippen molar-refractivity contribution in [2.24, 2.45) is 5.92 Å². The number of benzene rings is 2. The fraction of sp³-hybridized carbons (Fsp3) is 0.419. The van der Waals surface area contributed by atoms with Gasteiger partial charge in [0.1, 0.15) is 0 Å². The molecule has 4 aliphatic rings. The summed E-state index contributed by atoms with van der Waals surface area (Å²) < 4.78 is 12.6. The van der Waals surface area contributed by atoms with Gasteiger partial charge in [-0.05, 0) is 81.5 Å². The first kappa shape index (κ1) is 21.7. The maximum Gasteiger partial charge on any atom is 0.203 e. The van der Waals surface area contributed by atoms with Crippen molar-refractivity contribution in [3.63, 3.8) is 0 Å². The zero-order valence-electron chi connectivity index (χ0n) is 21.1. The molecule has 0 saturated heterocycles. The number of nitrogens with zero attached hydrogens (tertiary/aromatic N) is 1. The van der Waals surface area contributed by atoms with Gasteiger partial charge in [0, 0.05) is 23.1 Å². The Kier molecular flexibility index (Phi) is 4.70. The summed E-state index contributed by atoms with van der Waals surface area (Å²) in [6.45, 7) is 13.4. The van der Waals surface area contributed by atoms with Crippen LogP contribution in [0.4, 0.5) is 0 Å². The predicted molar refractivity (Wildman–Crippen MR) is 137 cm³/mol. The number of hydrogen-bond acceptors (Lipinski definition) is 3. The summed E-state index contributed by atoms with van der Waals surface area (Å²) in [7, 11) is 0. The third kappa shape index (κ3) is 2.92. The van der Waals surface area contributed by atoms with Gasteiger partial charge < -0.3 is 14.4 Å². The van der Waals surface area contributed by atoms with E-state index in [1.54, 1.807) is 0 Å². The first-order valence-corrected chi connectivity index (χ1v) is 12.6. The van der Waals surface area contributed by atoms with Crippen LogP contribution in [0.3, 0.4) is 0 Å². The summed E-state index contributed by atoms with van der Waals surface area (Å²) >= 11 is 0. The Morgan fingerprint density at radius 3 is 2.44 bits per heavy atom. The molecule has 3 aliphatic heterocycles. The van der Waals surface area contributed by atoms with Gasteiger partial charge >= 0.3 is 0 Å². The number of aryl methyl sites for hydroxylation is 2. The molecule has 6 unspecified atom stereocenters. The molecule has 34 heavy (non-hydrogen) atoms. The molecule has 0 N–H and O–H groups in total. The third-order valence-corrected chi connectivity index (χ3v) is 8.94. The molecule has 3 heterocycles. The van der Waals surface area contributed by atoms with Crippen molar-refractivity contribution >= 4 is 5.57 Å². The van der Waals surface area contributed by atoms with E-state index in [0.717, 1.165) is 12.2 Å². The number of rotatable bonds is 2. The second kappa shape index (κ2) is 7.36. The highest BCUT2D eigenvalue weighted by atomic mass is 16.7. The largest absolute Gasteiger partial charge is 0.469 e. The number of allylic oxidation sites excluding steroid dienone is 3. The second-order valence-electron chi connectivity index (χ2n) is 11.1. The predicted octanol–water partition coefficient (Wildman–Crippen LogP) is 6.97. The van der Waals surface area contributed by atoms with Crippen LogP contribution in [-0.2, 0) is 14.9 Å². The molecule has 0 spiro atoms. The summed E-state index contributed by atoms with van der Waals surface area (Å²) in [5, 5.41) is 0. The number of fused-ring (bicyclic) bond motifs is 6. The minimum Gasteiger partial charge on any atom is -0.469 e. The SMILES string of the molecule is CC1=CC(C)OC(C2CC3(C)N4C=CC(c5cc(C)cc(C)c5)=CC4c4ccccc4C23C)O1. The molecular formula is C31H35NO2. The van der Waals surface area contributed by atoms with Crippen molar-refractivity contribution in [1.82, 2.24) is 4.90 Å². The van der Waals surface area contributed by atoms with Crippen LogP contribution >= 0.6 is 0 Å². The maximum absolute atomic E-state index is 6.32. The van der Waals surface area contributed by atoms with Gasteiger partial charge in [-0.15, -0.1) is 0 Å². The van der Waals surface area contributed by atoms with Gasteiger partial charge in [-0.25, -0.2) is 0 Å². The second-order valence-corrected chi connectivity index (χ2v) is 11.1. The minimum atomic E-state index is -0.210. The Morgan fingerprint density at radius 1 is 0.971 bits per heavy atom. The summed E-state index contributed by atoms with van der Waals surface area (Å²) in [6.07, 6.45) is 10.1. The molecule has 0 bridgehead atoms. The molecule has 1 aliphatic carbocycles. The van der Waals surface area contributed by atoms with E-state index in [-0.39, 0.29) is 29.4 Å². The number of hydrogen-bond donors (Lipinski definition) is 0. The highest BCUT2D eigenvalue weighted by Gasteiger charge is 2.69. The molecule has 6 atom stereocenters. The maximum atomic E-state index is 6.32. The van der Waals surface area contributed by atoms with Gasteiger partial charge in [0.2, 0.25) is 6.29 Å². The Hall–Kier alpha value is -2.78. The van der Waals surface area contributed by atoms with Crippen LogP contribution in [0.2, 0.25) is 0 Å². The lowest BCUT2D eigenvalue weighted by Crippen LogP contribution is -2.75. The molecule has 2 aromatic carbocycles. The molecule has 6 rings (SSSR count). The van der Waals surface area contributed by atoms with E-state index in [1.165, 1.54) is 33.4 Å². The van der Waals surface area contributed by atoms with E-state index in [4.69, 9.17) is 9.47 Å². The summed E-state index contributed by atoms with van der Waals surface area (Å²) in [5.41, 5.74) is 7.98. The smallest absolute Gasteiger partial charge is 0.203 e. The molecule has 0 amide bonds. The molecule has 0 aromatic heterocycles. The van der Waals surface area contributed by atoms with Gasteiger partial charge in [0.05, 0.1) is 17.9 Å². The van der Waals surface area contributed by atoms with Crippen LogP contribution in [-0.4, -0.2) is 22.8 Å². The standard InChI is InChI=1S/C31H35NO2/c1-19-13-20(2)15-24(14-19)23-11-12-32-28(17-23)25-9-7-8-10-26(25)31(6)27(18-30(31,32)5)29-33-21(3)16-22(4)34-29/h7-17,21,27-29H,18H2,1-6H3. The Labute approximate surface area is 203 Å². The van der Waals surface area contributed by atoms with E-state index in [2.05, 4.69) is 106 Å². The average molecular weight is 454 g/mol. The van der Waals surface area contributed by atoms with Gasteiger partial charge in [0.15, 0.2) is 0 Å². The zero-order valence-corrected chi connectivity index (χ0v) is 21.1. The van der Waals surface area contributed by atoms with Crippen LogP contribution in [0.1, 0.15) is 68.0 Å². The molecule has 3 heteroatoms. The van der Waals surface area contributed by atoms with Crippen LogP contribution in [0.25, 0.3) is 5.57 Å². The van der Waals surface area contributed by atoms with Crippen LogP contribution < -0.4 is 0 Å². The monoisotopic (exact) mass is 453 g/mol. The Bertz CT molecular complexity index is 1240. The molecule has 1 saturated carbocycles. The van der Waals surface area contributed by atoms with Crippen LogP contribution in [0, 0.1) is 19.8 Å². The Balaban J connectivity index is 1.44. The van der Waals surface area contributed by atoms with Gasteiger partial charge in [-0.2, -0.15) is 0 Å². The topological polar surface area (TPSA) is 21.7 Å². The highest BCUT2D eigenvalue weighted by Crippen LogP contribution is 2.66. The van der Waals surface area contributed by atoms with Crippen LogP contribution in [0.15, 0.2) is 72.7 Å². The van der Waals surface area contributed by atoms with Crippen molar-refractivity contribution in [1.29, 1.82) is 0 Å². The van der Waals surface area contributed by atoms with Gasteiger partial charge in [-0.1, -0.05) is 60.5 Å². The molecule has 2 aromatic rings. The van der Waals surface area contributed by atoms with Gasteiger partial charge in [0.25, 0.3) is 0 Å². The van der Waals surface area contributed by atoms with E-state index in [9.17, 15) is 0 Å². The lowest BCUT2D eigenvalue weighted by Gasteiger charge is -2.71. The molecule has 0 radical (unpaired) electrons. The Morgan fingerprint density at radius 2 is 1.71 bits per heavy atom. The normalized spacial score (nSPS) is 35.8. The fourth-order valence-electron chi connectivity index (χ4n) is 7.19. The minimum absolute atomic E-state index is 0.0111. The van der Waals surface area contributed by atoms with E-state index >= 15 is 0 Å². The zero-order chi connectivity index (χ0) is 23.8. The third-order valence-electron chi connectivity index (χ3n) is 8.94. The first-order valence-electron chi connectivity index (χ1n) is 12.6. The molecular weight excluding hydrogens is 418 g/mol. The summed E-state index contributed by atoms with van der Waals surface area (Å²) in [5.74, 6) is 1.27. The lowest BCUT2D eigenvalue weighted by molar-refractivity contribution is -0.247. The fourth-order valence-corrected chi connectivity index (χ4v) is 7.19. The van der Waals surface area contributed by atoms with Crippen molar-refractivity contribution in [2.75, 3.05) is 0 Å². The highest BCUT2D eigenvalue weighted by molar-refractivity contribution is 5.77. The molecule has 176 valence electrons. The van der Waals surface area contributed by atoms with Crippen molar-refractivity contribution in [3.05, 3.63) is 100 Å². The summed E-state index contributed by atoms with van der Waals surface area (Å²) in [6, 6.07) is 16.1. The first-order chi connectivity index (χ1) is 16.2. The number of ether oxygens (including phenoxy) is 2. The van der Waals surface area contributed by atoms with E-state index in [0.29, 0.717) is 5.92 Å². The van der Waals surface area contributed by atoms with Crippen molar-refractivity contribution < 1.29 is 9.47 Å². The van der Waals surface area contributed by atoms with E-state index < -0.39 is 0 Å². The lowest BCUT2D eigenvalue weighted by atomic mass is 9.43.